The molecule has 1 aliphatic rings. The zero-order valence-electron chi connectivity index (χ0n) is 6.68. The van der Waals surface area contributed by atoms with Crippen molar-refractivity contribution in [3.63, 3.8) is 0 Å². The van der Waals surface area contributed by atoms with Crippen molar-refractivity contribution in [2.24, 2.45) is 0 Å². The molecule has 10 heavy (non-hydrogen) atoms. The Morgan fingerprint density at radius 1 is 1.70 bits per heavy atom. The summed E-state index contributed by atoms with van der Waals surface area (Å²) >= 11 is 0. The van der Waals surface area contributed by atoms with Gasteiger partial charge in [0.25, 0.3) is 0 Å². The summed E-state index contributed by atoms with van der Waals surface area (Å²) in [5.41, 5.74) is 0.0631. The first kappa shape index (κ1) is 7.76. The lowest BCUT2D eigenvalue weighted by Gasteiger charge is -2.40. The fourth-order valence-electron chi connectivity index (χ4n) is 1.06. The molecule has 1 heterocycles. The standard InChI is InChI=1S/C8H15NO/c1-4-7(2)10-8(3)5-9-6-8/h4,7,9H,1,5-6H2,2-3H3. The fraction of sp³-hybridized carbons (Fsp3) is 0.750. The van der Waals surface area contributed by atoms with Crippen LogP contribution in [0.3, 0.4) is 0 Å². The molecule has 0 aromatic heterocycles. The topological polar surface area (TPSA) is 21.3 Å². The van der Waals surface area contributed by atoms with Crippen LogP contribution in [0, 0.1) is 0 Å². The summed E-state index contributed by atoms with van der Waals surface area (Å²) in [6, 6.07) is 0. The zero-order chi connectivity index (χ0) is 7.61. The molecule has 1 unspecified atom stereocenters. The van der Waals surface area contributed by atoms with Crippen LogP contribution in [0.1, 0.15) is 13.8 Å². The van der Waals surface area contributed by atoms with Crippen LogP contribution in [0.2, 0.25) is 0 Å². The third kappa shape index (κ3) is 1.58. The van der Waals surface area contributed by atoms with Crippen molar-refractivity contribution in [2.45, 2.75) is 25.6 Å². The largest absolute Gasteiger partial charge is 0.366 e. The fourth-order valence-corrected chi connectivity index (χ4v) is 1.06. The monoisotopic (exact) mass is 141 g/mol. The van der Waals surface area contributed by atoms with E-state index in [0.717, 1.165) is 13.1 Å². The highest BCUT2D eigenvalue weighted by Gasteiger charge is 2.33. The van der Waals surface area contributed by atoms with Gasteiger partial charge >= 0.3 is 0 Å². The Morgan fingerprint density at radius 2 is 2.30 bits per heavy atom. The number of hydrogen-bond donors (Lipinski definition) is 1. The van der Waals surface area contributed by atoms with Gasteiger partial charge in [-0.05, 0) is 13.8 Å². The summed E-state index contributed by atoms with van der Waals surface area (Å²) in [6.45, 7) is 9.71. The number of nitrogens with one attached hydrogen (secondary N) is 1. The van der Waals surface area contributed by atoms with Gasteiger partial charge in [0.1, 0.15) is 0 Å². The van der Waals surface area contributed by atoms with E-state index in [0.29, 0.717) is 0 Å². The highest BCUT2D eigenvalue weighted by atomic mass is 16.5. The van der Waals surface area contributed by atoms with E-state index in [1.54, 1.807) is 0 Å². The summed E-state index contributed by atoms with van der Waals surface area (Å²) < 4.78 is 5.64. The maximum atomic E-state index is 5.64. The van der Waals surface area contributed by atoms with Crippen LogP contribution in [-0.4, -0.2) is 24.8 Å². The molecule has 1 aliphatic heterocycles. The number of ether oxygens (including phenoxy) is 1. The van der Waals surface area contributed by atoms with E-state index in [1.165, 1.54) is 0 Å². The minimum Gasteiger partial charge on any atom is -0.366 e. The average molecular weight is 141 g/mol. The molecular formula is C8H15NO. The molecule has 0 aromatic rings. The Labute approximate surface area is 62.3 Å². The lowest BCUT2D eigenvalue weighted by molar-refractivity contribution is -0.0877. The molecular weight excluding hydrogens is 126 g/mol. The molecule has 1 fully saturated rings. The second-order valence-corrected chi connectivity index (χ2v) is 3.11. The maximum absolute atomic E-state index is 5.64. The predicted molar refractivity (Wildman–Crippen MR) is 42.0 cm³/mol. The van der Waals surface area contributed by atoms with Crippen molar-refractivity contribution < 1.29 is 4.74 Å². The van der Waals surface area contributed by atoms with Crippen molar-refractivity contribution in [1.82, 2.24) is 5.32 Å². The van der Waals surface area contributed by atoms with Gasteiger partial charge in [0.15, 0.2) is 0 Å². The van der Waals surface area contributed by atoms with E-state index in [4.69, 9.17) is 4.74 Å². The Kier molecular flexibility index (Phi) is 2.11. The predicted octanol–water partition coefficient (Wildman–Crippen LogP) is 0.939. The third-order valence-electron chi connectivity index (χ3n) is 1.80. The minimum atomic E-state index is 0.0631. The van der Waals surface area contributed by atoms with Gasteiger partial charge in [-0.3, -0.25) is 0 Å². The van der Waals surface area contributed by atoms with Crippen molar-refractivity contribution >= 4 is 0 Å². The Hall–Kier alpha value is -0.340. The van der Waals surface area contributed by atoms with Gasteiger partial charge in [-0.25, -0.2) is 0 Å². The summed E-state index contributed by atoms with van der Waals surface area (Å²) in [5, 5.41) is 3.17. The van der Waals surface area contributed by atoms with E-state index in [9.17, 15) is 0 Å². The summed E-state index contributed by atoms with van der Waals surface area (Å²) in [7, 11) is 0. The molecule has 1 N–H and O–H groups in total. The van der Waals surface area contributed by atoms with E-state index < -0.39 is 0 Å². The van der Waals surface area contributed by atoms with Crippen LogP contribution < -0.4 is 5.32 Å². The van der Waals surface area contributed by atoms with Crippen molar-refractivity contribution in [2.75, 3.05) is 13.1 Å². The van der Waals surface area contributed by atoms with E-state index >= 15 is 0 Å². The third-order valence-corrected chi connectivity index (χ3v) is 1.80. The van der Waals surface area contributed by atoms with Crippen LogP contribution in [-0.2, 0) is 4.74 Å². The number of hydrogen-bond acceptors (Lipinski definition) is 2. The first-order valence-electron chi connectivity index (χ1n) is 3.67. The summed E-state index contributed by atoms with van der Waals surface area (Å²) in [4.78, 5) is 0. The molecule has 58 valence electrons. The van der Waals surface area contributed by atoms with Gasteiger partial charge in [0, 0.05) is 13.1 Å². The lowest BCUT2D eigenvalue weighted by Crippen LogP contribution is -2.59. The van der Waals surface area contributed by atoms with E-state index in [-0.39, 0.29) is 11.7 Å². The normalized spacial score (nSPS) is 25.0. The van der Waals surface area contributed by atoms with Crippen molar-refractivity contribution in [3.8, 4) is 0 Å². The van der Waals surface area contributed by atoms with E-state index in [1.807, 2.05) is 13.0 Å². The molecule has 2 heteroatoms. The van der Waals surface area contributed by atoms with Crippen LogP contribution in [0.5, 0.6) is 0 Å². The molecule has 1 saturated heterocycles. The summed E-state index contributed by atoms with van der Waals surface area (Å²) in [5.74, 6) is 0. The SMILES string of the molecule is C=CC(C)OC1(C)CNC1. The molecule has 0 bridgehead atoms. The molecule has 0 radical (unpaired) electrons. The van der Waals surface area contributed by atoms with Gasteiger partial charge < -0.3 is 10.1 Å². The zero-order valence-corrected chi connectivity index (χ0v) is 6.68. The Bertz CT molecular complexity index is 129. The Balaban J connectivity index is 2.29. The van der Waals surface area contributed by atoms with E-state index in [2.05, 4.69) is 18.8 Å². The molecule has 0 saturated carbocycles. The number of rotatable bonds is 3. The maximum Gasteiger partial charge on any atom is 0.0909 e. The Morgan fingerprint density at radius 3 is 2.60 bits per heavy atom. The van der Waals surface area contributed by atoms with Gasteiger partial charge in [-0.2, -0.15) is 0 Å². The minimum absolute atomic E-state index is 0.0631. The molecule has 0 aliphatic carbocycles. The average Bonchev–Trinajstić information content (AvgIpc) is 1.84. The molecule has 1 atom stereocenters. The van der Waals surface area contributed by atoms with Crippen molar-refractivity contribution in [1.29, 1.82) is 0 Å². The van der Waals surface area contributed by atoms with Gasteiger partial charge in [0.2, 0.25) is 0 Å². The first-order valence-corrected chi connectivity index (χ1v) is 3.67. The highest BCUT2D eigenvalue weighted by Crippen LogP contribution is 2.17. The van der Waals surface area contributed by atoms with Crippen LogP contribution in [0.25, 0.3) is 0 Å². The van der Waals surface area contributed by atoms with Gasteiger partial charge in [0.05, 0.1) is 11.7 Å². The molecule has 0 spiro atoms. The van der Waals surface area contributed by atoms with Crippen molar-refractivity contribution in [3.05, 3.63) is 12.7 Å². The molecule has 2 nitrogen and oxygen atoms in total. The quantitative estimate of drug-likeness (QED) is 0.591. The van der Waals surface area contributed by atoms with Crippen LogP contribution >= 0.6 is 0 Å². The van der Waals surface area contributed by atoms with Gasteiger partial charge in [-0.15, -0.1) is 6.58 Å². The highest BCUT2D eigenvalue weighted by molar-refractivity contribution is 4.92. The second kappa shape index (κ2) is 2.72. The van der Waals surface area contributed by atoms with Crippen LogP contribution in [0.15, 0.2) is 12.7 Å². The van der Waals surface area contributed by atoms with Gasteiger partial charge in [-0.1, -0.05) is 6.08 Å². The second-order valence-electron chi connectivity index (χ2n) is 3.11. The first-order chi connectivity index (χ1) is 4.66. The molecule has 0 aromatic carbocycles. The lowest BCUT2D eigenvalue weighted by atomic mass is 10.00. The van der Waals surface area contributed by atoms with Crippen LogP contribution in [0.4, 0.5) is 0 Å². The molecule has 0 amide bonds. The summed E-state index contributed by atoms with van der Waals surface area (Å²) in [6.07, 6.45) is 2.00. The molecule has 1 rings (SSSR count). The smallest absolute Gasteiger partial charge is 0.0909 e.